The number of amides is 1. The van der Waals surface area contributed by atoms with Crippen molar-refractivity contribution in [2.24, 2.45) is 11.7 Å². The van der Waals surface area contributed by atoms with Crippen LogP contribution in [0.3, 0.4) is 0 Å². The summed E-state index contributed by atoms with van der Waals surface area (Å²) < 4.78 is 5.09. The highest BCUT2D eigenvalue weighted by Gasteiger charge is 2.28. The van der Waals surface area contributed by atoms with E-state index in [1.54, 1.807) is 25.4 Å². The molecule has 1 aromatic carbocycles. The summed E-state index contributed by atoms with van der Waals surface area (Å²) in [6, 6.07) is 10.8. The molecule has 0 aliphatic carbocycles. The van der Waals surface area contributed by atoms with Crippen LogP contribution in [0.1, 0.15) is 48.9 Å². The maximum absolute atomic E-state index is 13.1. The largest absolute Gasteiger partial charge is 0.466 e. The van der Waals surface area contributed by atoms with Gasteiger partial charge in [-0.15, -0.1) is 0 Å². The van der Waals surface area contributed by atoms with E-state index in [1.165, 1.54) is 0 Å². The number of piperidine rings is 1. The Kier molecular flexibility index (Phi) is 8.33. The Hall–Kier alpha value is -3.26. The van der Waals surface area contributed by atoms with Crippen LogP contribution in [-0.4, -0.2) is 47.3 Å². The van der Waals surface area contributed by atoms with Crippen molar-refractivity contribution in [2.75, 3.05) is 19.7 Å². The van der Waals surface area contributed by atoms with Gasteiger partial charge in [-0.25, -0.2) is 0 Å². The number of esters is 1. The van der Waals surface area contributed by atoms with Crippen LogP contribution in [0.25, 0.3) is 0 Å². The zero-order chi connectivity index (χ0) is 22.9. The van der Waals surface area contributed by atoms with E-state index >= 15 is 0 Å². The molecule has 2 aromatic rings. The quantitative estimate of drug-likeness (QED) is 0.315. The number of likely N-dealkylation sites (tertiary alicyclic amines) is 1. The first-order valence-corrected chi connectivity index (χ1v) is 11.0. The number of amidine groups is 1. The third kappa shape index (κ3) is 6.62. The number of carbonyl (C=O) groups is 2. The Morgan fingerprint density at radius 3 is 2.75 bits per heavy atom. The smallest absolute Gasteiger partial charge is 0.308 e. The number of nitrogens with one attached hydrogen (secondary N) is 2. The van der Waals surface area contributed by atoms with Gasteiger partial charge in [-0.05, 0) is 43.5 Å². The molecule has 1 aliphatic rings. The Balaban J connectivity index is 1.62. The van der Waals surface area contributed by atoms with E-state index in [0.29, 0.717) is 18.7 Å². The average molecular weight is 438 g/mol. The van der Waals surface area contributed by atoms with Crippen LogP contribution < -0.4 is 11.1 Å². The fourth-order valence-electron chi connectivity index (χ4n) is 3.97. The number of nitrogen functional groups attached to an aromatic ring is 1. The van der Waals surface area contributed by atoms with Gasteiger partial charge in [0.1, 0.15) is 5.84 Å². The normalized spacial score (nSPS) is 17.3. The van der Waals surface area contributed by atoms with E-state index in [0.717, 1.165) is 37.1 Å². The van der Waals surface area contributed by atoms with Crippen molar-refractivity contribution >= 4 is 17.7 Å². The molecule has 1 saturated heterocycles. The van der Waals surface area contributed by atoms with Gasteiger partial charge in [-0.3, -0.25) is 24.9 Å². The first kappa shape index (κ1) is 23.4. The summed E-state index contributed by atoms with van der Waals surface area (Å²) in [4.78, 5) is 31.6. The molecule has 1 amide bonds. The van der Waals surface area contributed by atoms with Crippen LogP contribution in [0, 0.1) is 11.3 Å². The van der Waals surface area contributed by atoms with Gasteiger partial charge in [-0.2, -0.15) is 0 Å². The Labute approximate surface area is 188 Å². The van der Waals surface area contributed by atoms with Crippen molar-refractivity contribution in [3.63, 3.8) is 0 Å². The molecule has 2 atom stereocenters. The number of ether oxygens (including phenoxy) is 1. The second kappa shape index (κ2) is 11.4. The predicted molar refractivity (Wildman–Crippen MR) is 122 cm³/mol. The maximum Gasteiger partial charge on any atom is 0.308 e. The molecule has 0 radical (unpaired) electrons. The minimum Gasteiger partial charge on any atom is -0.466 e. The third-order valence-electron chi connectivity index (χ3n) is 5.63. The molecule has 2 unspecified atom stereocenters. The van der Waals surface area contributed by atoms with E-state index in [-0.39, 0.29) is 30.1 Å². The van der Waals surface area contributed by atoms with Crippen LogP contribution in [0.4, 0.5) is 0 Å². The predicted octanol–water partition coefficient (Wildman–Crippen LogP) is 2.39. The molecule has 8 nitrogen and oxygen atoms in total. The van der Waals surface area contributed by atoms with Gasteiger partial charge in [0.05, 0.1) is 25.0 Å². The zero-order valence-corrected chi connectivity index (χ0v) is 18.4. The minimum atomic E-state index is -0.468. The summed E-state index contributed by atoms with van der Waals surface area (Å²) in [5.41, 5.74) is 8.13. The molecular weight excluding hydrogens is 406 g/mol. The molecular formula is C24H31N5O3. The summed E-state index contributed by atoms with van der Waals surface area (Å²) in [6.07, 6.45) is 5.14. The van der Waals surface area contributed by atoms with Gasteiger partial charge in [0, 0.05) is 31.0 Å². The molecule has 1 aliphatic heterocycles. The summed E-state index contributed by atoms with van der Waals surface area (Å²) in [5.74, 6) is -0.500. The number of hydrogen-bond acceptors (Lipinski definition) is 6. The molecule has 0 bridgehead atoms. The molecule has 8 heteroatoms. The van der Waals surface area contributed by atoms with Crippen LogP contribution in [-0.2, 0) is 20.9 Å². The summed E-state index contributed by atoms with van der Waals surface area (Å²) in [6.45, 7) is 4.38. The number of rotatable bonds is 9. The summed E-state index contributed by atoms with van der Waals surface area (Å²) in [7, 11) is 0. The number of hydrogen-bond donors (Lipinski definition) is 3. The lowest BCUT2D eigenvalue weighted by molar-refractivity contribution is -0.144. The lowest BCUT2D eigenvalue weighted by atomic mass is 9.95. The lowest BCUT2D eigenvalue weighted by Crippen LogP contribution is -2.44. The first-order valence-electron chi connectivity index (χ1n) is 11.0. The fourth-order valence-corrected chi connectivity index (χ4v) is 3.97. The van der Waals surface area contributed by atoms with Gasteiger partial charge in [0.15, 0.2) is 0 Å². The SMILES string of the molecule is CCOC(=O)CC(NC(=O)C1CCCN(Cc2ccc(C(=N)N)cc2)C1)c1cccnc1. The Morgan fingerprint density at radius 2 is 2.09 bits per heavy atom. The molecule has 0 saturated carbocycles. The van der Waals surface area contributed by atoms with Crippen molar-refractivity contribution < 1.29 is 14.3 Å². The van der Waals surface area contributed by atoms with Crippen molar-refractivity contribution in [2.45, 2.75) is 38.8 Å². The highest BCUT2D eigenvalue weighted by Crippen LogP contribution is 2.22. The van der Waals surface area contributed by atoms with E-state index in [2.05, 4.69) is 15.2 Å². The fraction of sp³-hybridized carbons (Fsp3) is 0.417. The van der Waals surface area contributed by atoms with Gasteiger partial charge in [0.25, 0.3) is 0 Å². The third-order valence-corrected chi connectivity index (χ3v) is 5.63. The number of nitrogens with two attached hydrogens (primary N) is 1. The standard InChI is InChI=1S/C24H31N5O3/c1-2-32-22(30)13-21(19-5-3-11-27-14-19)28-24(31)20-6-4-12-29(16-20)15-17-7-9-18(10-8-17)23(25)26/h3,5,7-11,14,20-21H,2,4,6,12-13,15-16H2,1H3,(H3,25,26)(H,28,31). The number of carbonyl (C=O) groups excluding carboxylic acids is 2. The molecule has 1 fully saturated rings. The average Bonchev–Trinajstić information content (AvgIpc) is 2.80. The Morgan fingerprint density at radius 1 is 1.31 bits per heavy atom. The summed E-state index contributed by atoms with van der Waals surface area (Å²) >= 11 is 0. The number of aromatic nitrogens is 1. The van der Waals surface area contributed by atoms with Crippen LogP contribution in [0.2, 0.25) is 0 Å². The Bertz CT molecular complexity index is 917. The minimum absolute atomic E-state index is 0.0530. The second-order valence-corrected chi connectivity index (χ2v) is 8.04. The van der Waals surface area contributed by atoms with Crippen molar-refractivity contribution in [1.29, 1.82) is 5.41 Å². The highest BCUT2D eigenvalue weighted by molar-refractivity contribution is 5.94. The molecule has 170 valence electrons. The molecule has 2 heterocycles. The lowest BCUT2D eigenvalue weighted by Gasteiger charge is -2.33. The molecule has 3 rings (SSSR count). The number of nitrogens with zero attached hydrogens (tertiary/aromatic N) is 2. The highest BCUT2D eigenvalue weighted by atomic mass is 16.5. The topological polar surface area (TPSA) is 121 Å². The van der Waals surface area contributed by atoms with E-state index in [4.69, 9.17) is 15.9 Å². The number of benzene rings is 1. The maximum atomic E-state index is 13.1. The monoisotopic (exact) mass is 437 g/mol. The molecule has 4 N–H and O–H groups in total. The molecule has 1 aromatic heterocycles. The van der Waals surface area contributed by atoms with E-state index in [9.17, 15) is 9.59 Å². The number of pyridine rings is 1. The van der Waals surface area contributed by atoms with Gasteiger partial charge in [-0.1, -0.05) is 30.3 Å². The van der Waals surface area contributed by atoms with E-state index in [1.807, 2.05) is 30.3 Å². The zero-order valence-electron chi connectivity index (χ0n) is 18.4. The van der Waals surface area contributed by atoms with Gasteiger partial charge in [0.2, 0.25) is 5.91 Å². The van der Waals surface area contributed by atoms with E-state index < -0.39 is 6.04 Å². The first-order chi connectivity index (χ1) is 15.5. The van der Waals surface area contributed by atoms with Crippen molar-refractivity contribution in [3.05, 3.63) is 65.5 Å². The molecule has 32 heavy (non-hydrogen) atoms. The molecule has 0 spiro atoms. The summed E-state index contributed by atoms with van der Waals surface area (Å²) in [5, 5.41) is 10.6. The van der Waals surface area contributed by atoms with Crippen LogP contribution in [0.15, 0.2) is 48.8 Å². The van der Waals surface area contributed by atoms with Crippen LogP contribution >= 0.6 is 0 Å². The second-order valence-electron chi connectivity index (χ2n) is 8.04. The van der Waals surface area contributed by atoms with Crippen molar-refractivity contribution in [3.8, 4) is 0 Å². The van der Waals surface area contributed by atoms with Crippen LogP contribution in [0.5, 0.6) is 0 Å². The van der Waals surface area contributed by atoms with Gasteiger partial charge < -0.3 is 15.8 Å². The van der Waals surface area contributed by atoms with Gasteiger partial charge >= 0.3 is 5.97 Å². The van der Waals surface area contributed by atoms with Crippen molar-refractivity contribution in [1.82, 2.24) is 15.2 Å².